The molecule has 0 fully saturated rings. The number of hydrogen-bond acceptors (Lipinski definition) is 3. The molecular formula is C13H16N2O. The van der Waals surface area contributed by atoms with Crippen molar-refractivity contribution >= 4 is 5.69 Å². The Hall–Kier alpha value is -1.77. The molecule has 16 heavy (non-hydrogen) atoms. The molecule has 1 heterocycles. The number of aromatic nitrogens is 1. The van der Waals surface area contributed by atoms with E-state index in [4.69, 9.17) is 10.2 Å². The summed E-state index contributed by atoms with van der Waals surface area (Å²) >= 11 is 0. The SMILES string of the molecule is Cc1c(N)cccc1-c1ncc(C(C)C)o1. The fraction of sp³-hybridized carbons (Fsp3) is 0.308. The molecule has 1 aromatic carbocycles. The van der Waals surface area contributed by atoms with Crippen LogP contribution in [0, 0.1) is 6.92 Å². The maximum Gasteiger partial charge on any atom is 0.226 e. The first kappa shape index (κ1) is 10.7. The first-order chi connectivity index (χ1) is 7.59. The van der Waals surface area contributed by atoms with Gasteiger partial charge in [0.1, 0.15) is 5.76 Å². The van der Waals surface area contributed by atoms with Crippen LogP contribution in [-0.4, -0.2) is 4.98 Å². The van der Waals surface area contributed by atoms with Gasteiger partial charge in [0.05, 0.1) is 6.20 Å². The summed E-state index contributed by atoms with van der Waals surface area (Å²) in [5.41, 5.74) is 8.60. The van der Waals surface area contributed by atoms with Crippen molar-refractivity contribution in [3.63, 3.8) is 0 Å². The summed E-state index contributed by atoms with van der Waals surface area (Å²) in [5.74, 6) is 1.90. The summed E-state index contributed by atoms with van der Waals surface area (Å²) in [6, 6.07) is 5.77. The van der Waals surface area contributed by atoms with Gasteiger partial charge in [0, 0.05) is 17.2 Å². The predicted molar refractivity (Wildman–Crippen MR) is 65.2 cm³/mol. The van der Waals surface area contributed by atoms with Crippen LogP contribution in [-0.2, 0) is 0 Å². The summed E-state index contributed by atoms with van der Waals surface area (Å²) in [4.78, 5) is 4.29. The van der Waals surface area contributed by atoms with E-state index in [0.717, 1.165) is 22.6 Å². The highest BCUT2D eigenvalue weighted by atomic mass is 16.4. The van der Waals surface area contributed by atoms with E-state index in [-0.39, 0.29) is 0 Å². The number of hydrogen-bond donors (Lipinski definition) is 1. The summed E-state index contributed by atoms with van der Waals surface area (Å²) in [7, 11) is 0. The standard InChI is InChI=1S/C13H16N2O/c1-8(2)12-7-15-13(16-12)10-5-4-6-11(14)9(10)3/h4-8H,14H2,1-3H3. The fourth-order valence-electron chi connectivity index (χ4n) is 1.56. The quantitative estimate of drug-likeness (QED) is 0.783. The van der Waals surface area contributed by atoms with Crippen molar-refractivity contribution in [1.82, 2.24) is 4.98 Å². The number of rotatable bonds is 2. The molecule has 0 bridgehead atoms. The Morgan fingerprint density at radius 2 is 2.06 bits per heavy atom. The van der Waals surface area contributed by atoms with Crippen LogP contribution in [0.2, 0.25) is 0 Å². The van der Waals surface area contributed by atoms with Crippen molar-refractivity contribution in [3.05, 3.63) is 35.7 Å². The predicted octanol–water partition coefficient (Wildman–Crippen LogP) is 3.36. The van der Waals surface area contributed by atoms with Crippen molar-refractivity contribution in [2.75, 3.05) is 5.73 Å². The maximum absolute atomic E-state index is 5.86. The smallest absolute Gasteiger partial charge is 0.226 e. The first-order valence-electron chi connectivity index (χ1n) is 5.40. The van der Waals surface area contributed by atoms with Gasteiger partial charge in [-0.2, -0.15) is 0 Å². The van der Waals surface area contributed by atoms with E-state index in [1.165, 1.54) is 0 Å². The second-order valence-corrected chi connectivity index (χ2v) is 4.24. The van der Waals surface area contributed by atoms with Crippen LogP contribution in [0.3, 0.4) is 0 Å². The Kier molecular flexibility index (Phi) is 2.69. The van der Waals surface area contributed by atoms with Gasteiger partial charge in [-0.1, -0.05) is 19.9 Å². The molecule has 84 valence electrons. The molecule has 0 spiro atoms. The van der Waals surface area contributed by atoms with Crippen LogP contribution < -0.4 is 5.73 Å². The second kappa shape index (κ2) is 4.00. The van der Waals surface area contributed by atoms with Crippen molar-refractivity contribution in [2.24, 2.45) is 0 Å². The molecule has 0 unspecified atom stereocenters. The van der Waals surface area contributed by atoms with Crippen molar-refractivity contribution < 1.29 is 4.42 Å². The van der Waals surface area contributed by atoms with Gasteiger partial charge in [-0.05, 0) is 24.6 Å². The minimum atomic E-state index is 0.350. The van der Waals surface area contributed by atoms with E-state index in [1.807, 2.05) is 25.1 Å². The molecule has 0 aliphatic rings. The zero-order valence-corrected chi connectivity index (χ0v) is 9.82. The Morgan fingerprint density at radius 3 is 2.69 bits per heavy atom. The summed E-state index contributed by atoms with van der Waals surface area (Å²) in [5, 5.41) is 0. The first-order valence-corrected chi connectivity index (χ1v) is 5.40. The van der Waals surface area contributed by atoms with E-state index in [9.17, 15) is 0 Å². The average molecular weight is 216 g/mol. The summed E-state index contributed by atoms with van der Waals surface area (Å²) < 4.78 is 5.70. The maximum atomic E-state index is 5.86. The lowest BCUT2D eigenvalue weighted by atomic mass is 10.1. The molecule has 1 aromatic heterocycles. The van der Waals surface area contributed by atoms with Gasteiger partial charge in [-0.3, -0.25) is 0 Å². The van der Waals surface area contributed by atoms with E-state index >= 15 is 0 Å². The van der Waals surface area contributed by atoms with Crippen LogP contribution in [0.1, 0.15) is 31.1 Å². The van der Waals surface area contributed by atoms with Gasteiger partial charge < -0.3 is 10.2 Å². The zero-order valence-electron chi connectivity index (χ0n) is 9.82. The van der Waals surface area contributed by atoms with Crippen LogP contribution in [0.5, 0.6) is 0 Å². The topological polar surface area (TPSA) is 52.0 Å². The highest BCUT2D eigenvalue weighted by molar-refractivity contribution is 5.66. The lowest BCUT2D eigenvalue weighted by molar-refractivity contribution is 0.495. The highest BCUT2D eigenvalue weighted by Gasteiger charge is 2.12. The monoisotopic (exact) mass is 216 g/mol. The second-order valence-electron chi connectivity index (χ2n) is 4.24. The third-order valence-corrected chi connectivity index (χ3v) is 2.70. The minimum absolute atomic E-state index is 0.350. The molecule has 2 aromatic rings. The molecular weight excluding hydrogens is 200 g/mol. The highest BCUT2D eigenvalue weighted by Crippen LogP contribution is 2.28. The molecule has 3 heteroatoms. The van der Waals surface area contributed by atoms with Crippen LogP contribution in [0.4, 0.5) is 5.69 Å². The number of anilines is 1. The molecule has 0 saturated carbocycles. The van der Waals surface area contributed by atoms with E-state index in [2.05, 4.69) is 18.8 Å². The van der Waals surface area contributed by atoms with E-state index in [0.29, 0.717) is 11.8 Å². The Balaban J connectivity index is 2.47. The average Bonchev–Trinajstić information content (AvgIpc) is 2.71. The van der Waals surface area contributed by atoms with Gasteiger partial charge in [-0.15, -0.1) is 0 Å². The van der Waals surface area contributed by atoms with Crippen LogP contribution in [0.15, 0.2) is 28.8 Å². The molecule has 0 saturated heterocycles. The van der Waals surface area contributed by atoms with Gasteiger partial charge >= 0.3 is 0 Å². The van der Waals surface area contributed by atoms with Crippen molar-refractivity contribution in [1.29, 1.82) is 0 Å². The number of benzene rings is 1. The third kappa shape index (κ3) is 1.81. The molecule has 0 aliphatic heterocycles. The number of nitrogens with two attached hydrogens (primary N) is 1. The third-order valence-electron chi connectivity index (χ3n) is 2.70. The minimum Gasteiger partial charge on any atom is -0.441 e. The fourth-order valence-corrected chi connectivity index (χ4v) is 1.56. The Morgan fingerprint density at radius 1 is 1.31 bits per heavy atom. The Bertz CT molecular complexity index is 500. The summed E-state index contributed by atoms with van der Waals surface area (Å²) in [6.45, 7) is 6.14. The molecule has 0 atom stereocenters. The summed E-state index contributed by atoms with van der Waals surface area (Å²) in [6.07, 6.45) is 1.78. The molecule has 0 amide bonds. The Labute approximate surface area is 95.3 Å². The number of oxazole rings is 1. The normalized spacial score (nSPS) is 11.0. The number of nitrogens with zero attached hydrogens (tertiary/aromatic N) is 1. The molecule has 2 N–H and O–H groups in total. The van der Waals surface area contributed by atoms with Gasteiger partial charge in [0.2, 0.25) is 5.89 Å². The van der Waals surface area contributed by atoms with Crippen LogP contribution >= 0.6 is 0 Å². The number of nitrogen functional groups attached to an aromatic ring is 1. The molecule has 0 radical (unpaired) electrons. The lowest BCUT2D eigenvalue weighted by Crippen LogP contribution is -1.91. The van der Waals surface area contributed by atoms with Crippen LogP contribution in [0.25, 0.3) is 11.5 Å². The molecule has 2 rings (SSSR count). The van der Waals surface area contributed by atoms with E-state index in [1.54, 1.807) is 6.20 Å². The van der Waals surface area contributed by atoms with Gasteiger partial charge in [0.25, 0.3) is 0 Å². The largest absolute Gasteiger partial charge is 0.441 e. The zero-order chi connectivity index (χ0) is 11.7. The molecule has 3 nitrogen and oxygen atoms in total. The van der Waals surface area contributed by atoms with Crippen molar-refractivity contribution in [3.8, 4) is 11.5 Å². The van der Waals surface area contributed by atoms with Crippen molar-refractivity contribution in [2.45, 2.75) is 26.7 Å². The molecule has 0 aliphatic carbocycles. The van der Waals surface area contributed by atoms with E-state index < -0.39 is 0 Å². The van der Waals surface area contributed by atoms with Gasteiger partial charge in [0.15, 0.2) is 0 Å². The van der Waals surface area contributed by atoms with Gasteiger partial charge in [-0.25, -0.2) is 4.98 Å². The lowest BCUT2D eigenvalue weighted by Gasteiger charge is -2.04.